The van der Waals surface area contributed by atoms with Gasteiger partial charge in [0.25, 0.3) is 5.91 Å². The van der Waals surface area contributed by atoms with E-state index in [1.54, 1.807) is 4.90 Å². The van der Waals surface area contributed by atoms with Crippen molar-refractivity contribution in [3.8, 4) is 0 Å². The number of ether oxygens (including phenoxy) is 1. The molecule has 2 heterocycles. The standard InChI is InChI=1S/C18H21NO3S/c20-15(17-9-5-11-23-17)13-19(12-14-6-2-1-3-7-14)18(21)16-8-4-10-22-16/h1-3,5-7,9,11,15-16,20H,4,8,10,12-13H2. The van der Waals surface area contributed by atoms with Crippen molar-refractivity contribution in [2.75, 3.05) is 13.2 Å². The molecule has 0 saturated carbocycles. The third-order valence-electron chi connectivity index (χ3n) is 4.00. The van der Waals surface area contributed by atoms with Gasteiger partial charge in [0.15, 0.2) is 0 Å². The molecular formula is C18H21NO3S. The van der Waals surface area contributed by atoms with Gasteiger partial charge in [0.05, 0.1) is 6.54 Å². The number of benzene rings is 1. The molecule has 4 nitrogen and oxygen atoms in total. The lowest BCUT2D eigenvalue weighted by Gasteiger charge is -2.27. The van der Waals surface area contributed by atoms with Crippen LogP contribution >= 0.6 is 11.3 Å². The second-order valence-corrected chi connectivity index (χ2v) is 6.72. The van der Waals surface area contributed by atoms with E-state index < -0.39 is 6.10 Å². The summed E-state index contributed by atoms with van der Waals surface area (Å²) in [6, 6.07) is 13.7. The van der Waals surface area contributed by atoms with Gasteiger partial charge in [0.2, 0.25) is 0 Å². The van der Waals surface area contributed by atoms with Gasteiger partial charge in [-0.15, -0.1) is 11.3 Å². The minimum Gasteiger partial charge on any atom is -0.386 e. The highest BCUT2D eigenvalue weighted by molar-refractivity contribution is 7.10. The third kappa shape index (κ3) is 4.19. The first-order chi connectivity index (χ1) is 11.2. The van der Waals surface area contributed by atoms with Crippen molar-refractivity contribution in [1.29, 1.82) is 0 Å². The minimum atomic E-state index is -0.663. The molecule has 1 saturated heterocycles. The Hall–Kier alpha value is -1.69. The summed E-state index contributed by atoms with van der Waals surface area (Å²) in [5.74, 6) is -0.0260. The van der Waals surface area contributed by atoms with Gasteiger partial charge < -0.3 is 14.7 Å². The summed E-state index contributed by atoms with van der Waals surface area (Å²) in [6.45, 7) is 1.42. The average molecular weight is 331 g/mol. The maximum atomic E-state index is 12.7. The van der Waals surface area contributed by atoms with Gasteiger partial charge in [-0.1, -0.05) is 36.4 Å². The van der Waals surface area contributed by atoms with Crippen molar-refractivity contribution in [2.24, 2.45) is 0 Å². The zero-order chi connectivity index (χ0) is 16.1. The lowest BCUT2D eigenvalue weighted by atomic mass is 10.1. The van der Waals surface area contributed by atoms with E-state index in [0.717, 1.165) is 23.3 Å². The maximum Gasteiger partial charge on any atom is 0.252 e. The molecule has 0 radical (unpaired) electrons. The molecule has 0 aliphatic carbocycles. The Morgan fingerprint density at radius 2 is 2.13 bits per heavy atom. The minimum absolute atomic E-state index is 0.0260. The second kappa shape index (κ2) is 7.73. The summed E-state index contributed by atoms with van der Waals surface area (Å²) in [7, 11) is 0. The van der Waals surface area contributed by atoms with Crippen molar-refractivity contribution in [3.05, 3.63) is 58.3 Å². The normalized spacial score (nSPS) is 18.7. The van der Waals surface area contributed by atoms with Gasteiger partial charge in [-0.25, -0.2) is 0 Å². The fraction of sp³-hybridized carbons (Fsp3) is 0.389. The van der Waals surface area contributed by atoms with E-state index in [2.05, 4.69) is 0 Å². The van der Waals surface area contributed by atoms with Gasteiger partial charge in [0.1, 0.15) is 12.2 Å². The molecular weight excluding hydrogens is 310 g/mol. The van der Waals surface area contributed by atoms with Crippen LogP contribution in [0.1, 0.15) is 29.4 Å². The SMILES string of the molecule is O=C(C1CCCO1)N(Cc1ccccc1)CC(O)c1cccs1. The molecule has 2 unspecified atom stereocenters. The molecule has 5 heteroatoms. The van der Waals surface area contributed by atoms with E-state index in [-0.39, 0.29) is 18.6 Å². The average Bonchev–Trinajstić information content (AvgIpc) is 3.27. The first kappa shape index (κ1) is 16.2. The van der Waals surface area contributed by atoms with Crippen LogP contribution in [0, 0.1) is 0 Å². The number of hydrogen-bond acceptors (Lipinski definition) is 4. The predicted molar refractivity (Wildman–Crippen MR) is 90.1 cm³/mol. The second-order valence-electron chi connectivity index (χ2n) is 5.74. The maximum absolute atomic E-state index is 12.7. The Labute approximate surface area is 140 Å². The van der Waals surface area contributed by atoms with Crippen LogP contribution in [0.5, 0.6) is 0 Å². The zero-order valence-corrected chi connectivity index (χ0v) is 13.7. The van der Waals surface area contributed by atoms with Crippen LogP contribution in [0.2, 0.25) is 0 Å². The van der Waals surface area contributed by atoms with Crippen LogP contribution in [0.25, 0.3) is 0 Å². The molecule has 1 aromatic heterocycles. The van der Waals surface area contributed by atoms with E-state index >= 15 is 0 Å². The highest BCUT2D eigenvalue weighted by atomic mass is 32.1. The molecule has 3 rings (SSSR count). The summed E-state index contributed by atoms with van der Waals surface area (Å²) < 4.78 is 5.54. The predicted octanol–water partition coefficient (Wildman–Crippen LogP) is 2.99. The number of carbonyl (C=O) groups is 1. The van der Waals surface area contributed by atoms with Gasteiger partial charge in [-0.2, -0.15) is 0 Å². The lowest BCUT2D eigenvalue weighted by molar-refractivity contribution is -0.143. The number of nitrogens with zero attached hydrogens (tertiary/aromatic N) is 1. The molecule has 2 atom stereocenters. The Kier molecular flexibility index (Phi) is 5.43. The Morgan fingerprint density at radius 3 is 2.78 bits per heavy atom. The Balaban J connectivity index is 1.73. The number of hydrogen-bond donors (Lipinski definition) is 1. The zero-order valence-electron chi connectivity index (χ0n) is 12.9. The summed E-state index contributed by atoms with van der Waals surface area (Å²) in [4.78, 5) is 15.3. The molecule has 2 aromatic rings. The lowest BCUT2D eigenvalue weighted by Crippen LogP contribution is -2.40. The molecule has 122 valence electrons. The van der Waals surface area contributed by atoms with E-state index in [4.69, 9.17) is 4.74 Å². The number of rotatable bonds is 6. The highest BCUT2D eigenvalue weighted by Gasteiger charge is 2.29. The van der Waals surface area contributed by atoms with Crippen LogP contribution in [-0.2, 0) is 16.1 Å². The first-order valence-corrected chi connectivity index (χ1v) is 8.78. The monoisotopic (exact) mass is 331 g/mol. The third-order valence-corrected chi connectivity index (χ3v) is 4.97. The number of carbonyl (C=O) groups excluding carboxylic acids is 1. The number of aliphatic hydroxyl groups is 1. The molecule has 1 amide bonds. The molecule has 0 spiro atoms. The smallest absolute Gasteiger partial charge is 0.252 e. The summed E-state index contributed by atoms with van der Waals surface area (Å²) >= 11 is 1.50. The van der Waals surface area contributed by atoms with E-state index in [1.807, 2.05) is 47.8 Å². The van der Waals surface area contributed by atoms with E-state index in [1.165, 1.54) is 11.3 Å². The van der Waals surface area contributed by atoms with Crippen molar-refractivity contribution in [1.82, 2.24) is 4.90 Å². The molecule has 1 aliphatic heterocycles. The first-order valence-electron chi connectivity index (χ1n) is 7.90. The van der Waals surface area contributed by atoms with Crippen LogP contribution in [0.4, 0.5) is 0 Å². The van der Waals surface area contributed by atoms with E-state index in [0.29, 0.717) is 13.2 Å². The van der Waals surface area contributed by atoms with Crippen molar-refractivity contribution >= 4 is 17.2 Å². The van der Waals surface area contributed by atoms with Crippen LogP contribution in [-0.4, -0.2) is 35.2 Å². The summed E-state index contributed by atoms with van der Waals surface area (Å²) in [5.41, 5.74) is 1.05. The quantitative estimate of drug-likeness (QED) is 0.885. The molecule has 1 fully saturated rings. The van der Waals surface area contributed by atoms with Gasteiger partial charge in [-0.3, -0.25) is 4.79 Å². The molecule has 0 bridgehead atoms. The topological polar surface area (TPSA) is 49.8 Å². The number of thiophene rings is 1. The highest BCUT2D eigenvalue weighted by Crippen LogP contribution is 2.23. The van der Waals surface area contributed by atoms with Crippen molar-refractivity contribution < 1.29 is 14.6 Å². The largest absolute Gasteiger partial charge is 0.386 e. The molecule has 1 aliphatic rings. The van der Waals surface area contributed by atoms with Crippen molar-refractivity contribution in [3.63, 3.8) is 0 Å². The van der Waals surface area contributed by atoms with Gasteiger partial charge >= 0.3 is 0 Å². The fourth-order valence-corrected chi connectivity index (χ4v) is 3.49. The van der Waals surface area contributed by atoms with Gasteiger partial charge in [-0.05, 0) is 29.9 Å². The summed E-state index contributed by atoms with van der Waals surface area (Å²) in [6.07, 6.45) is 0.653. The molecule has 23 heavy (non-hydrogen) atoms. The number of aliphatic hydroxyl groups excluding tert-OH is 1. The van der Waals surface area contributed by atoms with Crippen molar-refractivity contribution in [2.45, 2.75) is 31.6 Å². The van der Waals surface area contributed by atoms with Crippen LogP contribution in [0.15, 0.2) is 47.8 Å². The van der Waals surface area contributed by atoms with E-state index in [9.17, 15) is 9.90 Å². The summed E-state index contributed by atoms with van der Waals surface area (Å²) in [5, 5.41) is 12.4. The molecule has 1 N–H and O–H groups in total. The van der Waals surface area contributed by atoms with Crippen LogP contribution < -0.4 is 0 Å². The molecule has 1 aromatic carbocycles. The Morgan fingerprint density at radius 1 is 1.30 bits per heavy atom. The van der Waals surface area contributed by atoms with Crippen LogP contribution in [0.3, 0.4) is 0 Å². The van der Waals surface area contributed by atoms with Gasteiger partial charge in [0, 0.05) is 18.0 Å². The number of amides is 1. The Bertz CT molecular complexity index is 608. The fourth-order valence-electron chi connectivity index (χ4n) is 2.79.